The molecular formula is C18H20N6OS. The van der Waals surface area contributed by atoms with Crippen molar-refractivity contribution in [2.75, 3.05) is 50.1 Å². The molecule has 0 bridgehead atoms. The lowest BCUT2D eigenvalue weighted by Gasteiger charge is -2.35. The first-order chi connectivity index (χ1) is 12.6. The van der Waals surface area contributed by atoms with E-state index in [-0.39, 0.29) is 5.91 Å². The second-order valence-corrected chi connectivity index (χ2v) is 7.26. The van der Waals surface area contributed by atoms with E-state index in [1.54, 1.807) is 31.7 Å². The Balaban J connectivity index is 1.44. The van der Waals surface area contributed by atoms with E-state index in [1.807, 2.05) is 12.1 Å². The van der Waals surface area contributed by atoms with E-state index in [4.69, 9.17) is 0 Å². The second-order valence-electron chi connectivity index (χ2n) is 6.45. The third kappa shape index (κ3) is 3.08. The zero-order chi connectivity index (χ0) is 18.1. The van der Waals surface area contributed by atoms with E-state index >= 15 is 0 Å². The van der Waals surface area contributed by atoms with E-state index in [0.717, 1.165) is 37.8 Å². The maximum absolute atomic E-state index is 11.9. The van der Waals surface area contributed by atoms with Gasteiger partial charge in [0.25, 0.3) is 5.91 Å². The Labute approximate surface area is 156 Å². The van der Waals surface area contributed by atoms with Crippen LogP contribution in [-0.2, 0) is 0 Å². The van der Waals surface area contributed by atoms with E-state index in [2.05, 4.69) is 42.6 Å². The molecule has 8 heteroatoms. The Morgan fingerprint density at radius 3 is 2.42 bits per heavy atom. The van der Waals surface area contributed by atoms with Crippen molar-refractivity contribution in [2.24, 2.45) is 0 Å². The number of piperazine rings is 1. The van der Waals surface area contributed by atoms with Gasteiger partial charge in [-0.05, 0) is 35.8 Å². The smallest absolute Gasteiger partial charge is 0.273 e. The molecule has 4 rings (SSSR count). The van der Waals surface area contributed by atoms with Crippen LogP contribution in [0.5, 0.6) is 0 Å². The van der Waals surface area contributed by atoms with Crippen LogP contribution >= 0.6 is 11.5 Å². The summed E-state index contributed by atoms with van der Waals surface area (Å²) in [5.74, 6) is 1.75. The number of nitrogens with zero attached hydrogens (tertiary/aromatic N) is 6. The fourth-order valence-electron chi connectivity index (χ4n) is 3.09. The largest absolute Gasteiger partial charge is 0.352 e. The molecule has 3 aromatic rings. The van der Waals surface area contributed by atoms with Crippen molar-refractivity contribution in [1.82, 2.24) is 19.5 Å². The maximum Gasteiger partial charge on any atom is 0.273 e. The molecule has 0 saturated carbocycles. The number of hydrogen-bond acceptors (Lipinski definition) is 7. The third-order valence-corrected chi connectivity index (χ3v) is 5.35. The van der Waals surface area contributed by atoms with Crippen LogP contribution in [0.1, 0.15) is 10.5 Å². The molecule has 1 saturated heterocycles. The van der Waals surface area contributed by atoms with Gasteiger partial charge in [-0.2, -0.15) is 4.37 Å². The van der Waals surface area contributed by atoms with Crippen molar-refractivity contribution < 1.29 is 4.79 Å². The molecule has 0 radical (unpaired) electrons. The summed E-state index contributed by atoms with van der Waals surface area (Å²) >= 11 is 1.55. The third-order valence-electron chi connectivity index (χ3n) is 4.54. The Kier molecular flexibility index (Phi) is 4.42. The summed E-state index contributed by atoms with van der Waals surface area (Å²) in [5.41, 5.74) is 0.367. The quantitative estimate of drug-likeness (QED) is 0.706. The number of aromatic nitrogens is 3. The first-order valence-electron chi connectivity index (χ1n) is 8.53. The molecule has 1 fully saturated rings. The molecule has 7 nitrogen and oxygen atoms in total. The van der Waals surface area contributed by atoms with Gasteiger partial charge in [0.2, 0.25) is 0 Å². The van der Waals surface area contributed by atoms with Crippen LogP contribution in [0.3, 0.4) is 0 Å². The molecule has 134 valence electrons. The molecule has 3 heterocycles. The summed E-state index contributed by atoms with van der Waals surface area (Å²) in [5, 5.41) is 9.54. The van der Waals surface area contributed by atoms with Gasteiger partial charge in [-0.25, -0.2) is 0 Å². The number of benzene rings is 1. The van der Waals surface area contributed by atoms with Gasteiger partial charge in [0, 0.05) is 45.7 Å². The van der Waals surface area contributed by atoms with Gasteiger partial charge in [-0.1, -0.05) is 12.1 Å². The summed E-state index contributed by atoms with van der Waals surface area (Å²) < 4.78 is 5.86. The fraction of sp³-hybridized carbons (Fsp3) is 0.333. The molecule has 0 unspecified atom stereocenters. The highest BCUT2D eigenvalue weighted by Crippen LogP contribution is 2.30. The normalized spacial score (nSPS) is 14.7. The van der Waals surface area contributed by atoms with E-state index < -0.39 is 0 Å². The lowest BCUT2D eigenvalue weighted by molar-refractivity contribution is 0.0821. The minimum atomic E-state index is -0.135. The van der Waals surface area contributed by atoms with Crippen LogP contribution in [0.15, 0.2) is 36.4 Å². The summed E-state index contributed by atoms with van der Waals surface area (Å²) in [4.78, 5) is 17.9. The zero-order valence-corrected chi connectivity index (χ0v) is 15.6. The molecule has 2 aromatic heterocycles. The van der Waals surface area contributed by atoms with Crippen molar-refractivity contribution in [3.63, 3.8) is 0 Å². The van der Waals surface area contributed by atoms with Gasteiger partial charge < -0.3 is 14.7 Å². The van der Waals surface area contributed by atoms with Crippen LogP contribution in [-0.4, -0.2) is 65.7 Å². The Morgan fingerprint density at radius 2 is 1.73 bits per heavy atom. The highest BCUT2D eigenvalue weighted by atomic mass is 32.1. The van der Waals surface area contributed by atoms with E-state index in [9.17, 15) is 4.79 Å². The summed E-state index contributed by atoms with van der Waals surface area (Å²) in [6.45, 7) is 3.46. The number of carbonyl (C=O) groups excluding carboxylic acids is 1. The minimum absolute atomic E-state index is 0.135. The van der Waals surface area contributed by atoms with Gasteiger partial charge in [-0.3, -0.25) is 4.79 Å². The lowest BCUT2D eigenvalue weighted by atomic mass is 10.2. The molecule has 0 N–H and O–H groups in total. The first kappa shape index (κ1) is 16.7. The lowest BCUT2D eigenvalue weighted by Crippen LogP contribution is -2.47. The number of fused-ring (bicyclic) bond motifs is 1. The monoisotopic (exact) mass is 368 g/mol. The molecule has 0 atom stereocenters. The van der Waals surface area contributed by atoms with Crippen molar-refractivity contribution >= 4 is 39.2 Å². The molecular weight excluding hydrogens is 348 g/mol. The standard InChI is InChI=1S/C18H20N6OS/c1-22(2)18(25)14-7-8-16(20-19-14)23-9-11-24(12-10-23)17-13-5-3-4-6-15(13)26-21-17/h3-8H,9-12H2,1-2H3. The van der Waals surface area contributed by atoms with Gasteiger partial charge in [0.1, 0.15) is 5.82 Å². The van der Waals surface area contributed by atoms with Crippen molar-refractivity contribution in [3.8, 4) is 0 Å². The highest BCUT2D eigenvalue weighted by molar-refractivity contribution is 7.13. The van der Waals surface area contributed by atoms with Crippen LogP contribution in [0, 0.1) is 0 Å². The summed E-state index contributed by atoms with van der Waals surface area (Å²) in [6.07, 6.45) is 0. The van der Waals surface area contributed by atoms with E-state index in [0.29, 0.717) is 5.69 Å². The van der Waals surface area contributed by atoms with E-state index in [1.165, 1.54) is 15.0 Å². The Bertz CT molecular complexity index is 915. The van der Waals surface area contributed by atoms with Gasteiger partial charge in [0.05, 0.1) is 4.70 Å². The number of amides is 1. The molecule has 1 aromatic carbocycles. The molecule has 1 aliphatic rings. The van der Waals surface area contributed by atoms with Gasteiger partial charge in [0.15, 0.2) is 11.5 Å². The average Bonchev–Trinajstić information content (AvgIpc) is 3.12. The van der Waals surface area contributed by atoms with Crippen molar-refractivity contribution in [2.45, 2.75) is 0 Å². The SMILES string of the molecule is CN(C)C(=O)c1ccc(N2CCN(c3nsc4ccccc34)CC2)nn1. The number of hydrogen-bond donors (Lipinski definition) is 0. The highest BCUT2D eigenvalue weighted by Gasteiger charge is 2.22. The molecule has 26 heavy (non-hydrogen) atoms. The molecule has 1 amide bonds. The maximum atomic E-state index is 11.9. The van der Waals surface area contributed by atoms with Gasteiger partial charge in [-0.15, -0.1) is 10.2 Å². The predicted octanol–water partition coefficient (Wildman–Crippen LogP) is 2.11. The number of anilines is 2. The average molecular weight is 368 g/mol. The first-order valence-corrected chi connectivity index (χ1v) is 9.30. The van der Waals surface area contributed by atoms with Crippen molar-refractivity contribution in [3.05, 3.63) is 42.1 Å². The van der Waals surface area contributed by atoms with Crippen LogP contribution in [0.25, 0.3) is 10.1 Å². The topological polar surface area (TPSA) is 65.5 Å². The summed E-state index contributed by atoms with van der Waals surface area (Å²) in [7, 11) is 3.42. The molecule has 0 spiro atoms. The Morgan fingerprint density at radius 1 is 1.00 bits per heavy atom. The van der Waals surface area contributed by atoms with Crippen LogP contribution in [0.4, 0.5) is 11.6 Å². The minimum Gasteiger partial charge on any atom is -0.352 e. The van der Waals surface area contributed by atoms with Crippen LogP contribution < -0.4 is 9.80 Å². The fourth-order valence-corrected chi connectivity index (χ4v) is 3.88. The molecule has 1 aliphatic heterocycles. The zero-order valence-electron chi connectivity index (χ0n) is 14.8. The number of carbonyl (C=O) groups is 1. The van der Waals surface area contributed by atoms with Crippen molar-refractivity contribution in [1.29, 1.82) is 0 Å². The molecule has 0 aliphatic carbocycles. The summed E-state index contributed by atoms with van der Waals surface area (Å²) in [6, 6.07) is 12.0. The predicted molar refractivity (Wildman–Crippen MR) is 104 cm³/mol. The second kappa shape index (κ2) is 6.87. The Hall–Kier alpha value is -2.74. The van der Waals surface area contributed by atoms with Gasteiger partial charge >= 0.3 is 0 Å². The number of rotatable bonds is 3. The van der Waals surface area contributed by atoms with Crippen LogP contribution in [0.2, 0.25) is 0 Å².